The van der Waals surface area contributed by atoms with Crippen molar-refractivity contribution in [3.05, 3.63) is 29.8 Å². The second-order valence-corrected chi connectivity index (χ2v) is 3.78. The number of carbonyl (C=O) groups excluding carboxylic acids is 3. The van der Waals surface area contributed by atoms with Gasteiger partial charge in [-0.1, -0.05) is 0 Å². The van der Waals surface area contributed by atoms with E-state index in [1.165, 1.54) is 19.1 Å². The van der Waals surface area contributed by atoms with E-state index < -0.39 is 11.9 Å². The quantitative estimate of drug-likeness (QED) is 0.683. The molecule has 0 saturated heterocycles. The SMILES string of the molecule is CC(=O)CCNC(=O)NC(=O)c1ccc(N)cc1. The molecule has 0 bridgehead atoms. The summed E-state index contributed by atoms with van der Waals surface area (Å²) in [7, 11) is 0. The van der Waals surface area contributed by atoms with E-state index >= 15 is 0 Å². The molecule has 0 aliphatic rings. The maximum absolute atomic E-state index is 11.6. The van der Waals surface area contributed by atoms with Gasteiger partial charge in [-0.15, -0.1) is 0 Å². The zero-order chi connectivity index (χ0) is 13.5. The number of benzene rings is 1. The molecule has 0 aromatic heterocycles. The third-order valence-electron chi connectivity index (χ3n) is 2.16. The number of Topliss-reactive ketones (excluding diaryl/α,β-unsaturated/α-hetero) is 1. The summed E-state index contributed by atoms with van der Waals surface area (Å²) in [6, 6.07) is 5.56. The van der Waals surface area contributed by atoms with Crippen LogP contribution in [0.3, 0.4) is 0 Å². The molecule has 0 saturated carbocycles. The van der Waals surface area contributed by atoms with Crippen molar-refractivity contribution in [2.45, 2.75) is 13.3 Å². The fraction of sp³-hybridized carbons (Fsp3) is 0.250. The van der Waals surface area contributed by atoms with Crippen molar-refractivity contribution < 1.29 is 14.4 Å². The van der Waals surface area contributed by atoms with E-state index in [1.54, 1.807) is 12.1 Å². The molecule has 0 aliphatic heterocycles. The lowest BCUT2D eigenvalue weighted by molar-refractivity contribution is -0.116. The van der Waals surface area contributed by atoms with E-state index in [2.05, 4.69) is 10.6 Å². The summed E-state index contributed by atoms with van der Waals surface area (Å²) in [6.45, 7) is 1.63. The fourth-order valence-electron chi connectivity index (χ4n) is 1.21. The minimum atomic E-state index is -0.627. The smallest absolute Gasteiger partial charge is 0.321 e. The number of nitrogens with two attached hydrogens (primary N) is 1. The zero-order valence-electron chi connectivity index (χ0n) is 10.0. The first-order chi connectivity index (χ1) is 8.49. The molecule has 1 aromatic carbocycles. The van der Waals surface area contributed by atoms with Crippen molar-refractivity contribution in [1.82, 2.24) is 10.6 Å². The third-order valence-corrected chi connectivity index (χ3v) is 2.16. The van der Waals surface area contributed by atoms with Crippen molar-refractivity contribution in [2.75, 3.05) is 12.3 Å². The third kappa shape index (κ3) is 4.65. The Bertz CT molecular complexity index is 454. The minimum Gasteiger partial charge on any atom is -0.399 e. The van der Waals surface area contributed by atoms with E-state index in [0.29, 0.717) is 11.3 Å². The molecular formula is C12H15N3O3. The molecule has 18 heavy (non-hydrogen) atoms. The predicted octanol–water partition coefficient (Wildman–Crippen LogP) is 0.687. The molecule has 6 heteroatoms. The highest BCUT2D eigenvalue weighted by Gasteiger charge is 2.09. The van der Waals surface area contributed by atoms with Crippen molar-refractivity contribution in [1.29, 1.82) is 0 Å². The Morgan fingerprint density at radius 3 is 2.33 bits per heavy atom. The second-order valence-electron chi connectivity index (χ2n) is 3.78. The van der Waals surface area contributed by atoms with E-state index in [0.717, 1.165) is 0 Å². The first kappa shape index (κ1) is 13.7. The lowest BCUT2D eigenvalue weighted by Crippen LogP contribution is -2.40. The molecule has 0 unspecified atom stereocenters. The summed E-state index contributed by atoms with van der Waals surface area (Å²) in [6.07, 6.45) is 0.240. The maximum atomic E-state index is 11.6. The fourth-order valence-corrected chi connectivity index (χ4v) is 1.21. The van der Waals surface area contributed by atoms with Crippen LogP contribution in [0.5, 0.6) is 0 Å². The molecular weight excluding hydrogens is 234 g/mol. The average molecular weight is 249 g/mol. The first-order valence-corrected chi connectivity index (χ1v) is 5.43. The number of imide groups is 1. The highest BCUT2D eigenvalue weighted by molar-refractivity contribution is 6.04. The number of hydrogen-bond acceptors (Lipinski definition) is 4. The molecule has 4 N–H and O–H groups in total. The minimum absolute atomic E-state index is 0.0276. The van der Waals surface area contributed by atoms with Crippen LogP contribution in [0.15, 0.2) is 24.3 Å². The summed E-state index contributed by atoms with van der Waals surface area (Å²) in [5, 5.41) is 4.56. The number of nitrogen functional groups attached to an aromatic ring is 1. The highest BCUT2D eigenvalue weighted by Crippen LogP contribution is 2.04. The summed E-state index contributed by atoms with van der Waals surface area (Å²) in [4.78, 5) is 33.5. The van der Waals surface area contributed by atoms with Crippen molar-refractivity contribution >= 4 is 23.4 Å². The van der Waals surface area contributed by atoms with Gasteiger partial charge in [0.2, 0.25) is 0 Å². The van der Waals surface area contributed by atoms with Crippen LogP contribution >= 0.6 is 0 Å². The standard InChI is InChI=1S/C12H15N3O3/c1-8(16)6-7-14-12(18)15-11(17)9-2-4-10(13)5-3-9/h2-5H,6-7,13H2,1H3,(H2,14,15,17,18). The normalized spacial score (nSPS) is 9.61. The molecule has 96 valence electrons. The Kier molecular flexibility index (Phi) is 4.86. The molecule has 0 fully saturated rings. The van der Waals surface area contributed by atoms with Crippen molar-refractivity contribution in [3.8, 4) is 0 Å². The Hall–Kier alpha value is -2.37. The molecule has 0 radical (unpaired) electrons. The molecule has 1 aromatic rings. The van der Waals surface area contributed by atoms with Crippen molar-refractivity contribution in [3.63, 3.8) is 0 Å². The number of carbonyl (C=O) groups is 3. The Morgan fingerprint density at radius 1 is 1.17 bits per heavy atom. The van der Waals surface area contributed by atoms with E-state index in [9.17, 15) is 14.4 Å². The second kappa shape index (κ2) is 6.39. The zero-order valence-corrected chi connectivity index (χ0v) is 10.0. The van der Waals surface area contributed by atoms with Crippen LogP contribution in [0.4, 0.5) is 10.5 Å². The number of anilines is 1. The van der Waals surface area contributed by atoms with Gasteiger partial charge in [0.15, 0.2) is 0 Å². The predicted molar refractivity (Wildman–Crippen MR) is 67.0 cm³/mol. The topological polar surface area (TPSA) is 101 Å². The van der Waals surface area contributed by atoms with Gasteiger partial charge in [-0.2, -0.15) is 0 Å². The summed E-state index contributed by atoms with van der Waals surface area (Å²) < 4.78 is 0. The lowest BCUT2D eigenvalue weighted by Gasteiger charge is -2.05. The van der Waals surface area contributed by atoms with Gasteiger partial charge in [0.25, 0.3) is 5.91 Å². The largest absolute Gasteiger partial charge is 0.399 e. The number of nitrogens with one attached hydrogen (secondary N) is 2. The molecule has 3 amide bonds. The summed E-state index contributed by atoms with van der Waals surface area (Å²) >= 11 is 0. The lowest BCUT2D eigenvalue weighted by atomic mass is 10.2. The highest BCUT2D eigenvalue weighted by atomic mass is 16.2. The van der Waals surface area contributed by atoms with Crippen LogP contribution in [0.2, 0.25) is 0 Å². The summed E-state index contributed by atoms with van der Waals surface area (Å²) in [5.74, 6) is -0.546. The molecule has 0 atom stereocenters. The molecule has 0 aliphatic carbocycles. The average Bonchev–Trinajstić information content (AvgIpc) is 2.29. The number of hydrogen-bond donors (Lipinski definition) is 3. The Labute approximate surface area is 105 Å². The van der Waals surface area contributed by atoms with Crippen LogP contribution in [-0.4, -0.2) is 24.3 Å². The van der Waals surface area contributed by atoms with E-state index in [-0.39, 0.29) is 18.7 Å². The van der Waals surface area contributed by atoms with Gasteiger partial charge in [-0.05, 0) is 31.2 Å². The van der Waals surface area contributed by atoms with Gasteiger partial charge in [-0.25, -0.2) is 4.79 Å². The van der Waals surface area contributed by atoms with Gasteiger partial charge in [0.05, 0.1) is 0 Å². The van der Waals surface area contributed by atoms with Gasteiger partial charge in [-0.3, -0.25) is 14.9 Å². The van der Waals surface area contributed by atoms with Crippen LogP contribution in [-0.2, 0) is 4.79 Å². The Balaban J connectivity index is 2.42. The van der Waals surface area contributed by atoms with E-state index in [1.807, 2.05) is 0 Å². The van der Waals surface area contributed by atoms with Gasteiger partial charge >= 0.3 is 6.03 Å². The van der Waals surface area contributed by atoms with Crippen molar-refractivity contribution in [2.24, 2.45) is 0 Å². The molecule has 0 spiro atoms. The van der Waals surface area contributed by atoms with Crippen LogP contribution in [0.25, 0.3) is 0 Å². The van der Waals surface area contributed by atoms with Crippen LogP contribution in [0, 0.1) is 0 Å². The molecule has 0 heterocycles. The summed E-state index contributed by atoms with van der Waals surface area (Å²) in [5.41, 5.74) is 6.36. The van der Waals surface area contributed by atoms with Gasteiger partial charge in [0, 0.05) is 24.2 Å². The monoisotopic (exact) mass is 249 g/mol. The van der Waals surface area contributed by atoms with E-state index in [4.69, 9.17) is 5.73 Å². The van der Waals surface area contributed by atoms with Crippen LogP contribution < -0.4 is 16.4 Å². The number of urea groups is 1. The molecule has 6 nitrogen and oxygen atoms in total. The van der Waals surface area contributed by atoms with Crippen LogP contribution in [0.1, 0.15) is 23.7 Å². The van der Waals surface area contributed by atoms with Gasteiger partial charge in [0.1, 0.15) is 5.78 Å². The number of amides is 3. The number of rotatable bonds is 4. The number of ketones is 1. The Morgan fingerprint density at radius 2 is 1.78 bits per heavy atom. The first-order valence-electron chi connectivity index (χ1n) is 5.43. The van der Waals surface area contributed by atoms with Gasteiger partial charge < -0.3 is 11.1 Å². The maximum Gasteiger partial charge on any atom is 0.321 e. The molecule has 1 rings (SSSR count).